The molecule has 3 N–H and O–H groups in total. The molecular formula is C16H17FN4O2. The number of rotatable bonds is 5. The number of carbonyl (C=O) groups is 1. The number of imidazole rings is 1. The minimum Gasteiger partial charge on any atom is -0.467 e. The lowest BCUT2D eigenvalue weighted by Gasteiger charge is -2.04. The number of aryl methyl sites for hydroxylation is 1. The molecule has 3 aromatic rings. The van der Waals surface area contributed by atoms with Crippen molar-refractivity contribution in [2.45, 2.75) is 13.0 Å². The van der Waals surface area contributed by atoms with E-state index in [4.69, 9.17) is 10.2 Å². The standard InChI is InChI=1S/C16H17FN4O2/c1-21-14-7-11(17)2-3-13(14)20-15(21)4-5-19-16(22)10-6-12(8-18)23-9-10/h2-3,6-7,9H,4-5,8,18H2,1H3,(H,19,22). The SMILES string of the molecule is Cn1c(CCNC(=O)c2coc(CN)c2)nc2ccc(F)cc21. The average Bonchev–Trinajstić information content (AvgIpc) is 3.14. The zero-order chi connectivity index (χ0) is 16.4. The van der Waals surface area contributed by atoms with Gasteiger partial charge in [-0.2, -0.15) is 0 Å². The summed E-state index contributed by atoms with van der Waals surface area (Å²) in [5.74, 6) is 0.822. The van der Waals surface area contributed by atoms with Crippen LogP contribution in [0.25, 0.3) is 11.0 Å². The van der Waals surface area contributed by atoms with Crippen molar-refractivity contribution in [1.82, 2.24) is 14.9 Å². The number of benzene rings is 1. The summed E-state index contributed by atoms with van der Waals surface area (Å²) >= 11 is 0. The molecule has 3 rings (SSSR count). The van der Waals surface area contributed by atoms with Crippen LogP contribution < -0.4 is 11.1 Å². The second-order valence-electron chi connectivity index (χ2n) is 5.23. The second-order valence-corrected chi connectivity index (χ2v) is 5.23. The molecule has 0 saturated carbocycles. The average molecular weight is 316 g/mol. The van der Waals surface area contributed by atoms with E-state index in [1.807, 2.05) is 11.6 Å². The number of furan rings is 1. The molecule has 120 valence electrons. The van der Waals surface area contributed by atoms with E-state index in [0.717, 1.165) is 16.9 Å². The fraction of sp³-hybridized carbons (Fsp3) is 0.250. The van der Waals surface area contributed by atoms with Gasteiger partial charge in [-0.1, -0.05) is 0 Å². The van der Waals surface area contributed by atoms with Crippen molar-refractivity contribution in [2.24, 2.45) is 12.8 Å². The van der Waals surface area contributed by atoms with Crippen LogP contribution in [-0.4, -0.2) is 22.0 Å². The third kappa shape index (κ3) is 3.09. The number of hydrogen-bond donors (Lipinski definition) is 2. The van der Waals surface area contributed by atoms with E-state index in [9.17, 15) is 9.18 Å². The molecule has 2 aromatic heterocycles. The summed E-state index contributed by atoms with van der Waals surface area (Å²) < 4.78 is 20.2. The van der Waals surface area contributed by atoms with Gasteiger partial charge in [0.05, 0.1) is 23.1 Å². The highest BCUT2D eigenvalue weighted by Gasteiger charge is 2.11. The van der Waals surface area contributed by atoms with Gasteiger partial charge in [0.15, 0.2) is 0 Å². The Hall–Kier alpha value is -2.67. The van der Waals surface area contributed by atoms with Crippen molar-refractivity contribution in [2.75, 3.05) is 6.54 Å². The molecule has 23 heavy (non-hydrogen) atoms. The lowest BCUT2D eigenvalue weighted by atomic mass is 10.3. The van der Waals surface area contributed by atoms with E-state index in [0.29, 0.717) is 24.3 Å². The van der Waals surface area contributed by atoms with Gasteiger partial charge < -0.3 is 20.0 Å². The normalized spacial score (nSPS) is 11.1. The van der Waals surface area contributed by atoms with E-state index in [1.165, 1.54) is 18.4 Å². The van der Waals surface area contributed by atoms with Crippen molar-refractivity contribution in [3.8, 4) is 0 Å². The molecule has 0 fully saturated rings. The predicted octanol–water partition coefficient (Wildman–Crippen LogP) is 1.74. The Bertz CT molecular complexity index is 853. The number of amides is 1. The van der Waals surface area contributed by atoms with E-state index < -0.39 is 0 Å². The fourth-order valence-corrected chi connectivity index (χ4v) is 2.43. The van der Waals surface area contributed by atoms with Crippen molar-refractivity contribution in [1.29, 1.82) is 0 Å². The molecule has 7 heteroatoms. The van der Waals surface area contributed by atoms with Gasteiger partial charge in [0, 0.05) is 20.0 Å². The Labute approximate surface area is 132 Å². The first kappa shape index (κ1) is 15.2. The molecule has 0 aliphatic heterocycles. The number of aromatic nitrogens is 2. The Morgan fingerprint density at radius 3 is 3.00 bits per heavy atom. The topological polar surface area (TPSA) is 86.1 Å². The summed E-state index contributed by atoms with van der Waals surface area (Å²) in [5, 5.41) is 2.80. The Morgan fingerprint density at radius 2 is 2.26 bits per heavy atom. The van der Waals surface area contributed by atoms with Gasteiger partial charge in [-0.05, 0) is 24.3 Å². The molecule has 0 radical (unpaired) electrons. The van der Waals surface area contributed by atoms with Crippen LogP contribution in [0.2, 0.25) is 0 Å². The highest BCUT2D eigenvalue weighted by molar-refractivity contribution is 5.93. The van der Waals surface area contributed by atoms with E-state index in [2.05, 4.69) is 10.3 Å². The molecule has 0 spiro atoms. The van der Waals surface area contributed by atoms with Crippen molar-refractivity contribution in [3.63, 3.8) is 0 Å². The lowest BCUT2D eigenvalue weighted by Crippen LogP contribution is -2.26. The fourth-order valence-electron chi connectivity index (χ4n) is 2.43. The van der Waals surface area contributed by atoms with Crippen molar-refractivity contribution in [3.05, 3.63) is 53.5 Å². The highest BCUT2D eigenvalue weighted by atomic mass is 19.1. The largest absolute Gasteiger partial charge is 0.467 e. The molecule has 0 saturated heterocycles. The quantitative estimate of drug-likeness (QED) is 0.750. The maximum Gasteiger partial charge on any atom is 0.254 e. The van der Waals surface area contributed by atoms with Crippen LogP contribution in [0.3, 0.4) is 0 Å². The minimum absolute atomic E-state index is 0.224. The number of nitrogens with one attached hydrogen (secondary N) is 1. The summed E-state index contributed by atoms with van der Waals surface area (Å²) in [5.41, 5.74) is 7.35. The molecule has 0 bridgehead atoms. The molecule has 2 heterocycles. The zero-order valence-corrected chi connectivity index (χ0v) is 12.7. The molecular weight excluding hydrogens is 299 g/mol. The lowest BCUT2D eigenvalue weighted by molar-refractivity contribution is 0.0953. The Morgan fingerprint density at radius 1 is 1.43 bits per heavy atom. The van der Waals surface area contributed by atoms with Gasteiger partial charge in [0.25, 0.3) is 5.91 Å². The summed E-state index contributed by atoms with van der Waals surface area (Å²) in [6.45, 7) is 0.672. The molecule has 1 amide bonds. The van der Waals surface area contributed by atoms with Gasteiger partial charge in [-0.3, -0.25) is 4.79 Å². The molecule has 0 unspecified atom stereocenters. The van der Waals surface area contributed by atoms with Crippen LogP contribution in [-0.2, 0) is 20.0 Å². The number of hydrogen-bond acceptors (Lipinski definition) is 4. The molecule has 0 aliphatic rings. The summed E-state index contributed by atoms with van der Waals surface area (Å²) in [4.78, 5) is 16.4. The van der Waals surface area contributed by atoms with Crippen LogP contribution in [0.4, 0.5) is 4.39 Å². The molecule has 6 nitrogen and oxygen atoms in total. The molecule has 1 aromatic carbocycles. The van der Waals surface area contributed by atoms with Crippen LogP contribution in [0.1, 0.15) is 21.9 Å². The molecule has 0 aliphatic carbocycles. The van der Waals surface area contributed by atoms with Gasteiger partial charge in [-0.25, -0.2) is 9.37 Å². The van der Waals surface area contributed by atoms with Crippen LogP contribution >= 0.6 is 0 Å². The first-order chi connectivity index (χ1) is 11.1. The first-order valence-corrected chi connectivity index (χ1v) is 7.25. The maximum atomic E-state index is 13.3. The van der Waals surface area contributed by atoms with Crippen molar-refractivity contribution >= 4 is 16.9 Å². The monoisotopic (exact) mass is 316 g/mol. The Kier molecular flexibility index (Phi) is 4.12. The number of nitrogens with zero attached hydrogens (tertiary/aromatic N) is 2. The van der Waals surface area contributed by atoms with E-state index in [1.54, 1.807) is 12.1 Å². The van der Waals surface area contributed by atoms with Gasteiger partial charge >= 0.3 is 0 Å². The summed E-state index contributed by atoms with van der Waals surface area (Å²) in [6.07, 6.45) is 1.93. The predicted molar refractivity (Wildman–Crippen MR) is 83.3 cm³/mol. The Balaban J connectivity index is 1.64. The van der Waals surface area contributed by atoms with Gasteiger partial charge in [-0.15, -0.1) is 0 Å². The zero-order valence-electron chi connectivity index (χ0n) is 12.7. The number of halogens is 1. The first-order valence-electron chi connectivity index (χ1n) is 7.25. The minimum atomic E-state index is -0.295. The van der Waals surface area contributed by atoms with E-state index in [-0.39, 0.29) is 18.3 Å². The third-order valence-electron chi connectivity index (χ3n) is 3.69. The number of nitrogens with two attached hydrogens (primary N) is 1. The number of fused-ring (bicyclic) bond motifs is 1. The molecule has 0 atom stereocenters. The van der Waals surface area contributed by atoms with E-state index >= 15 is 0 Å². The highest BCUT2D eigenvalue weighted by Crippen LogP contribution is 2.16. The second kappa shape index (κ2) is 6.21. The van der Waals surface area contributed by atoms with Crippen LogP contribution in [0.5, 0.6) is 0 Å². The maximum absolute atomic E-state index is 13.3. The smallest absolute Gasteiger partial charge is 0.254 e. The van der Waals surface area contributed by atoms with Gasteiger partial charge in [0.2, 0.25) is 0 Å². The summed E-state index contributed by atoms with van der Waals surface area (Å²) in [6, 6.07) is 6.10. The summed E-state index contributed by atoms with van der Waals surface area (Å²) in [7, 11) is 1.83. The number of carbonyl (C=O) groups excluding carboxylic acids is 1. The van der Waals surface area contributed by atoms with Crippen molar-refractivity contribution < 1.29 is 13.6 Å². The van der Waals surface area contributed by atoms with Crippen LogP contribution in [0.15, 0.2) is 34.9 Å². The van der Waals surface area contributed by atoms with Gasteiger partial charge in [0.1, 0.15) is 23.7 Å². The third-order valence-corrected chi connectivity index (χ3v) is 3.69. The van der Waals surface area contributed by atoms with Crippen LogP contribution in [0, 0.1) is 5.82 Å².